The molecule has 1 atom stereocenters. The lowest BCUT2D eigenvalue weighted by Gasteiger charge is -2.26. The second-order valence-corrected chi connectivity index (χ2v) is 6.63. The molecule has 114 valence electrons. The van der Waals surface area contributed by atoms with E-state index in [0.29, 0.717) is 16.7 Å². The molecule has 0 amide bonds. The number of nitrogens with one attached hydrogen (secondary N) is 1. The average Bonchev–Trinajstić information content (AvgIpc) is 3.29. The number of thioether (sulfide) groups is 1. The van der Waals surface area contributed by atoms with E-state index in [-0.39, 0.29) is 5.82 Å². The minimum absolute atomic E-state index is 0.337. The highest BCUT2D eigenvalue weighted by atomic mass is 32.2. The van der Waals surface area contributed by atoms with Crippen LogP contribution in [-0.2, 0) is 0 Å². The van der Waals surface area contributed by atoms with Crippen LogP contribution in [0.2, 0.25) is 0 Å². The highest BCUT2D eigenvalue weighted by molar-refractivity contribution is 7.99. The molecular formula is C16H20F2N2S. The topological polar surface area (TPSA) is 35.8 Å². The van der Waals surface area contributed by atoms with E-state index in [0.717, 1.165) is 44.2 Å². The molecule has 0 radical (unpaired) electrons. The standard InChI is InChI=1S/C16H20F2N2S/c1-2-16(11-19,20-13-5-6-13)8-3-9-21-15-10-12(17)4-7-14(15)18/h4,7,10,13,20H,2-3,5-6,8-9H2,1H3. The van der Waals surface area contributed by atoms with E-state index in [2.05, 4.69) is 11.4 Å². The lowest BCUT2D eigenvalue weighted by Crippen LogP contribution is -2.44. The number of benzene rings is 1. The average molecular weight is 310 g/mol. The smallest absolute Gasteiger partial charge is 0.136 e. The first kappa shape index (κ1) is 16.3. The molecule has 0 bridgehead atoms. The number of nitrogens with zero attached hydrogens (tertiary/aromatic N) is 1. The van der Waals surface area contributed by atoms with Crippen molar-refractivity contribution in [3.05, 3.63) is 29.8 Å². The van der Waals surface area contributed by atoms with Gasteiger partial charge in [0.25, 0.3) is 0 Å². The van der Waals surface area contributed by atoms with Crippen LogP contribution in [0, 0.1) is 23.0 Å². The maximum Gasteiger partial charge on any atom is 0.136 e. The van der Waals surface area contributed by atoms with Gasteiger partial charge in [-0.3, -0.25) is 5.32 Å². The molecular weight excluding hydrogens is 290 g/mol. The third-order valence-corrected chi connectivity index (χ3v) is 4.89. The van der Waals surface area contributed by atoms with Gasteiger partial charge < -0.3 is 0 Å². The van der Waals surface area contributed by atoms with Gasteiger partial charge in [-0.25, -0.2) is 8.78 Å². The second kappa shape index (κ2) is 7.24. The molecule has 2 nitrogen and oxygen atoms in total. The van der Waals surface area contributed by atoms with Crippen molar-refractivity contribution in [3.63, 3.8) is 0 Å². The second-order valence-electron chi connectivity index (χ2n) is 5.49. The third kappa shape index (κ3) is 4.69. The lowest BCUT2D eigenvalue weighted by molar-refractivity contribution is 0.367. The summed E-state index contributed by atoms with van der Waals surface area (Å²) in [7, 11) is 0. The summed E-state index contributed by atoms with van der Waals surface area (Å²) in [6, 6.07) is 6.38. The summed E-state index contributed by atoms with van der Waals surface area (Å²) in [6.45, 7) is 2.01. The molecule has 1 fully saturated rings. The zero-order valence-electron chi connectivity index (χ0n) is 12.2. The van der Waals surface area contributed by atoms with Crippen LogP contribution in [0.1, 0.15) is 39.0 Å². The Morgan fingerprint density at radius 3 is 2.81 bits per heavy atom. The molecule has 0 spiro atoms. The van der Waals surface area contributed by atoms with Gasteiger partial charge in [-0.05, 0) is 56.1 Å². The fourth-order valence-corrected chi connectivity index (χ4v) is 3.19. The Hall–Kier alpha value is -1.12. The molecule has 1 aliphatic rings. The van der Waals surface area contributed by atoms with Crippen molar-refractivity contribution in [2.45, 2.75) is 55.5 Å². The van der Waals surface area contributed by atoms with Crippen LogP contribution in [-0.4, -0.2) is 17.3 Å². The van der Waals surface area contributed by atoms with Crippen LogP contribution in [0.5, 0.6) is 0 Å². The number of nitriles is 1. The molecule has 21 heavy (non-hydrogen) atoms. The van der Waals surface area contributed by atoms with E-state index in [1.54, 1.807) is 0 Å². The van der Waals surface area contributed by atoms with Gasteiger partial charge in [-0.1, -0.05) is 6.92 Å². The number of rotatable bonds is 8. The monoisotopic (exact) mass is 310 g/mol. The van der Waals surface area contributed by atoms with Gasteiger partial charge in [-0.2, -0.15) is 5.26 Å². The van der Waals surface area contributed by atoms with E-state index in [1.165, 1.54) is 17.8 Å². The zero-order chi connectivity index (χ0) is 15.3. The maximum atomic E-state index is 13.5. The summed E-state index contributed by atoms with van der Waals surface area (Å²) < 4.78 is 26.6. The zero-order valence-corrected chi connectivity index (χ0v) is 13.0. The van der Waals surface area contributed by atoms with Crippen molar-refractivity contribution >= 4 is 11.8 Å². The first-order chi connectivity index (χ1) is 10.1. The van der Waals surface area contributed by atoms with E-state index in [9.17, 15) is 14.0 Å². The van der Waals surface area contributed by atoms with Crippen LogP contribution in [0.25, 0.3) is 0 Å². The van der Waals surface area contributed by atoms with Gasteiger partial charge >= 0.3 is 0 Å². The summed E-state index contributed by atoms with van der Waals surface area (Å²) in [6.07, 6.45) is 4.58. The van der Waals surface area contributed by atoms with Gasteiger partial charge in [0.2, 0.25) is 0 Å². The largest absolute Gasteiger partial charge is 0.297 e. The van der Waals surface area contributed by atoms with Gasteiger partial charge in [0, 0.05) is 10.9 Å². The van der Waals surface area contributed by atoms with E-state index in [4.69, 9.17) is 0 Å². The third-order valence-electron chi connectivity index (χ3n) is 3.77. The number of halogens is 2. The Labute approximate surface area is 128 Å². The van der Waals surface area contributed by atoms with Crippen molar-refractivity contribution in [2.75, 3.05) is 5.75 Å². The Balaban J connectivity index is 1.82. The quantitative estimate of drug-likeness (QED) is 0.575. The van der Waals surface area contributed by atoms with E-state index in [1.807, 2.05) is 6.92 Å². The summed E-state index contributed by atoms with van der Waals surface area (Å²) in [5.41, 5.74) is -0.470. The van der Waals surface area contributed by atoms with E-state index >= 15 is 0 Å². The number of hydrogen-bond acceptors (Lipinski definition) is 3. The fraction of sp³-hybridized carbons (Fsp3) is 0.562. The molecule has 1 saturated carbocycles. The van der Waals surface area contributed by atoms with Crippen LogP contribution in [0.3, 0.4) is 0 Å². The lowest BCUT2D eigenvalue weighted by atomic mass is 9.92. The minimum atomic E-state index is -0.470. The highest BCUT2D eigenvalue weighted by Gasteiger charge is 2.34. The predicted molar refractivity (Wildman–Crippen MR) is 81.1 cm³/mol. The van der Waals surface area contributed by atoms with Crippen molar-refractivity contribution in [1.29, 1.82) is 5.26 Å². The SMILES string of the molecule is CCC(C#N)(CCCSc1cc(F)ccc1F)NC1CC1. The van der Waals surface area contributed by atoms with E-state index < -0.39 is 11.4 Å². The van der Waals surface area contributed by atoms with Gasteiger partial charge in [0.05, 0.1) is 6.07 Å². The normalized spacial score (nSPS) is 17.2. The molecule has 5 heteroatoms. The molecule has 1 unspecified atom stereocenters. The fourth-order valence-electron chi connectivity index (χ4n) is 2.28. The Bertz CT molecular complexity index is 525. The van der Waals surface area contributed by atoms with Crippen LogP contribution < -0.4 is 5.32 Å². The Kier molecular flexibility index (Phi) is 5.60. The summed E-state index contributed by atoms with van der Waals surface area (Å²) >= 11 is 1.31. The molecule has 1 aromatic rings. The van der Waals surface area contributed by atoms with Crippen LogP contribution in [0.4, 0.5) is 8.78 Å². The van der Waals surface area contributed by atoms with Crippen LogP contribution in [0.15, 0.2) is 23.1 Å². The Morgan fingerprint density at radius 1 is 1.43 bits per heavy atom. The first-order valence-electron chi connectivity index (χ1n) is 7.35. The van der Waals surface area contributed by atoms with Gasteiger partial charge in [0.15, 0.2) is 0 Å². The van der Waals surface area contributed by atoms with Gasteiger partial charge in [-0.15, -0.1) is 11.8 Å². The summed E-state index contributed by atoms with van der Waals surface area (Å²) in [4.78, 5) is 0.337. The molecule has 1 aliphatic carbocycles. The Morgan fingerprint density at radius 2 is 2.19 bits per heavy atom. The van der Waals surface area contributed by atoms with Crippen molar-refractivity contribution < 1.29 is 8.78 Å². The predicted octanol–water partition coefficient (Wildman–Crippen LogP) is 4.26. The molecule has 0 saturated heterocycles. The van der Waals surface area contributed by atoms with Crippen molar-refractivity contribution in [3.8, 4) is 6.07 Å². The molecule has 1 N–H and O–H groups in total. The first-order valence-corrected chi connectivity index (χ1v) is 8.34. The molecule has 1 aromatic carbocycles. The molecule has 0 heterocycles. The maximum absolute atomic E-state index is 13.5. The molecule has 2 rings (SSSR count). The van der Waals surface area contributed by atoms with Crippen molar-refractivity contribution in [1.82, 2.24) is 5.32 Å². The minimum Gasteiger partial charge on any atom is -0.297 e. The van der Waals surface area contributed by atoms with Crippen molar-refractivity contribution in [2.24, 2.45) is 0 Å². The molecule has 0 aliphatic heterocycles. The van der Waals surface area contributed by atoms with Crippen LogP contribution >= 0.6 is 11.8 Å². The summed E-state index contributed by atoms with van der Waals surface area (Å²) in [5.74, 6) is -0.135. The van der Waals surface area contributed by atoms with Gasteiger partial charge in [0.1, 0.15) is 17.2 Å². The molecule has 0 aromatic heterocycles. The summed E-state index contributed by atoms with van der Waals surface area (Å²) in [5, 5.41) is 12.8. The highest BCUT2D eigenvalue weighted by Crippen LogP contribution is 2.29. The number of hydrogen-bond donors (Lipinski definition) is 1.